The first-order valence-corrected chi connectivity index (χ1v) is 11.9. The molecule has 0 aliphatic carbocycles. The Morgan fingerprint density at radius 3 is 2.36 bits per heavy atom. The number of anilines is 1. The number of hydrogen-bond acceptors (Lipinski definition) is 3. The van der Waals surface area contributed by atoms with Crippen LogP contribution in [0.5, 0.6) is 0 Å². The molecule has 138 valence electrons. The molecule has 1 saturated heterocycles. The first kappa shape index (κ1) is 19.7. The summed E-state index contributed by atoms with van der Waals surface area (Å²) >= 11 is 0. The summed E-state index contributed by atoms with van der Waals surface area (Å²) in [6.45, 7) is 12.5. The van der Waals surface area contributed by atoms with E-state index in [1.54, 1.807) is 4.90 Å². The standard InChI is InChI=1S/C19H30N2O3Si/c1-19(2,3)25(4,5)24-15-9-13-21-17(22)12-14-20(18(21)23)16-10-7-6-8-11-16/h6-8,10-11H,9,12-15H2,1-5H3. The predicted molar refractivity (Wildman–Crippen MR) is 103 cm³/mol. The van der Waals surface area contributed by atoms with Gasteiger partial charge >= 0.3 is 6.03 Å². The summed E-state index contributed by atoms with van der Waals surface area (Å²) in [6.07, 6.45) is 1.04. The molecule has 0 atom stereocenters. The molecule has 6 heteroatoms. The van der Waals surface area contributed by atoms with Crippen LogP contribution >= 0.6 is 0 Å². The van der Waals surface area contributed by atoms with Gasteiger partial charge in [0.2, 0.25) is 5.91 Å². The fourth-order valence-electron chi connectivity index (χ4n) is 2.52. The summed E-state index contributed by atoms with van der Waals surface area (Å²) in [6, 6.07) is 9.28. The molecule has 1 heterocycles. The molecule has 3 amide bonds. The van der Waals surface area contributed by atoms with E-state index in [0.29, 0.717) is 32.5 Å². The molecule has 0 unspecified atom stereocenters. The van der Waals surface area contributed by atoms with E-state index in [4.69, 9.17) is 4.43 Å². The second kappa shape index (κ2) is 7.70. The van der Waals surface area contributed by atoms with Crippen molar-refractivity contribution in [2.24, 2.45) is 0 Å². The molecule has 0 aromatic heterocycles. The number of carbonyl (C=O) groups excluding carboxylic acids is 2. The van der Waals surface area contributed by atoms with E-state index in [2.05, 4.69) is 33.9 Å². The molecule has 2 rings (SSSR count). The largest absolute Gasteiger partial charge is 0.417 e. The van der Waals surface area contributed by atoms with Crippen LogP contribution in [-0.2, 0) is 9.22 Å². The van der Waals surface area contributed by atoms with Crippen LogP contribution in [0.1, 0.15) is 33.6 Å². The number of para-hydroxylation sites is 1. The van der Waals surface area contributed by atoms with E-state index in [1.165, 1.54) is 4.90 Å². The molecule has 1 aromatic carbocycles. The van der Waals surface area contributed by atoms with Gasteiger partial charge < -0.3 is 4.43 Å². The van der Waals surface area contributed by atoms with Crippen molar-refractivity contribution in [2.45, 2.75) is 51.7 Å². The Balaban J connectivity index is 1.92. The van der Waals surface area contributed by atoms with Gasteiger partial charge in [-0.15, -0.1) is 0 Å². The molecular formula is C19H30N2O3Si. The zero-order valence-corrected chi connectivity index (χ0v) is 17.0. The van der Waals surface area contributed by atoms with Gasteiger partial charge in [-0.1, -0.05) is 39.0 Å². The van der Waals surface area contributed by atoms with E-state index in [1.807, 2.05) is 30.3 Å². The third-order valence-electron chi connectivity index (χ3n) is 5.18. The van der Waals surface area contributed by atoms with Crippen LogP contribution in [0, 0.1) is 0 Å². The van der Waals surface area contributed by atoms with Gasteiger partial charge in [0.05, 0.1) is 0 Å². The molecule has 0 N–H and O–H groups in total. The Morgan fingerprint density at radius 2 is 1.76 bits per heavy atom. The summed E-state index contributed by atoms with van der Waals surface area (Å²) in [5, 5.41) is 0.161. The number of hydrogen-bond donors (Lipinski definition) is 0. The first-order chi connectivity index (χ1) is 11.6. The van der Waals surface area contributed by atoms with Gasteiger partial charge in [0.15, 0.2) is 8.32 Å². The quantitative estimate of drug-likeness (QED) is 0.561. The van der Waals surface area contributed by atoms with Crippen LogP contribution in [0.3, 0.4) is 0 Å². The van der Waals surface area contributed by atoms with Gasteiger partial charge in [0, 0.05) is 31.8 Å². The Bertz CT molecular complexity index is 611. The molecule has 25 heavy (non-hydrogen) atoms. The molecule has 1 aliphatic heterocycles. The average molecular weight is 363 g/mol. The van der Waals surface area contributed by atoms with Crippen molar-refractivity contribution in [3.05, 3.63) is 30.3 Å². The van der Waals surface area contributed by atoms with Gasteiger partial charge in [-0.3, -0.25) is 14.6 Å². The van der Waals surface area contributed by atoms with Crippen molar-refractivity contribution in [3.8, 4) is 0 Å². The predicted octanol–water partition coefficient (Wildman–Crippen LogP) is 4.26. The second-order valence-electron chi connectivity index (χ2n) is 8.03. The van der Waals surface area contributed by atoms with Gasteiger partial charge in [0.1, 0.15) is 0 Å². The highest BCUT2D eigenvalue weighted by atomic mass is 28.4. The zero-order chi connectivity index (χ0) is 18.7. The van der Waals surface area contributed by atoms with Crippen molar-refractivity contribution < 1.29 is 14.0 Å². The molecule has 0 radical (unpaired) electrons. The Kier molecular flexibility index (Phi) is 6.06. The molecule has 0 spiro atoms. The lowest BCUT2D eigenvalue weighted by Gasteiger charge is -2.37. The van der Waals surface area contributed by atoms with Gasteiger partial charge in [-0.25, -0.2) is 4.79 Å². The number of imide groups is 1. The number of benzene rings is 1. The van der Waals surface area contributed by atoms with Crippen molar-refractivity contribution in [1.29, 1.82) is 0 Å². The van der Waals surface area contributed by atoms with Crippen molar-refractivity contribution in [1.82, 2.24) is 4.90 Å². The van der Waals surface area contributed by atoms with E-state index in [0.717, 1.165) is 5.69 Å². The molecule has 1 aromatic rings. The number of nitrogens with zero attached hydrogens (tertiary/aromatic N) is 2. The first-order valence-electron chi connectivity index (χ1n) is 8.94. The Labute approximate surface area is 152 Å². The summed E-state index contributed by atoms with van der Waals surface area (Å²) in [7, 11) is -1.79. The molecular weight excluding hydrogens is 332 g/mol. The van der Waals surface area contributed by atoms with Gasteiger partial charge in [-0.2, -0.15) is 0 Å². The minimum Gasteiger partial charge on any atom is -0.417 e. The van der Waals surface area contributed by atoms with E-state index in [9.17, 15) is 9.59 Å². The van der Waals surface area contributed by atoms with Crippen molar-refractivity contribution in [3.63, 3.8) is 0 Å². The Hall–Kier alpha value is -1.66. The summed E-state index contributed by atoms with van der Waals surface area (Å²) in [4.78, 5) is 27.9. The minimum absolute atomic E-state index is 0.0930. The third-order valence-corrected chi connectivity index (χ3v) is 9.71. The number of amides is 3. The highest BCUT2D eigenvalue weighted by molar-refractivity contribution is 6.74. The van der Waals surface area contributed by atoms with Crippen LogP contribution in [0.2, 0.25) is 18.1 Å². The third kappa shape index (κ3) is 4.70. The summed E-state index contributed by atoms with van der Waals surface area (Å²) in [5.74, 6) is -0.0930. The van der Waals surface area contributed by atoms with Gasteiger partial charge in [0.25, 0.3) is 0 Å². The summed E-state index contributed by atoms with van der Waals surface area (Å²) < 4.78 is 6.14. The number of urea groups is 1. The normalized spacial score (nSPS) is 16.5. The van der Waals surface area contributed by atoms with Crippen LogP contribution in [-0.4, -0.2) is 44.9 Å². The Morgan fingerprint density at radius 1 is 1.12 bits per heavy atom. The van der Waals surface area contributed by atoms with Crippen molar-refractivity contribution >= 4 is 25.9 Å². The van der Waals surface area contributed by atoms with Crippen molar-refractivity contribution in [2.75, 3.05) is 24.6 Å². The molecule has 0 bridgehead atoms. The zero-order valence-electron chi connectivity index (χ0n) is 16.0. The van der Waals surface area contributed by atoms with E-state index >= 15 is 0 Å². The highest BCUT2D eigenvalue weighted by Crippen LogP contribution is 2.36. The van der Waals surface area contributed by atoms with Crippen LogP contribution in [0.4, 0.5) is 10.5 Å². The molecule has 1 fully saturated rings. The van der Waals surface area contributed by atoms with Crippen LogP contribution in [0.15, 0.2) is 30.3 Å². The van der Waals surface area contributed by atoms with E-state index < -0.39 is 8.32 Å². The average Bonchev–Trinajstić information content (AvgIpc) is 2.53. The monoisotopic (exact) mass is 362 g/mol. The maximum Gasteiger partial charge on any atom is 0.331 e. The molecule has 0 saturated carbocycles. The lowest BCUT2D eigenvalue weighted by molar-refractivity contribution is -0.128. The van der Waals surface area contributed by atoms with Crippen LogP contribution in [0.25, 0.3) is 0 Å². The fourth-order valence-corrected chi connectivity index (χ4v) is 3.61. The minimum atomic E-state index is -1.79. The number of carbonyl (C=O) groups is 2. The van der Waals surface area contributed by atoms with E-state index in [-0.39, 0.29) is 17.0 Å². The second-order valence-corrected chi connectivity index (χ2v) is 12.8. The topological polar surface area (TPSA) is 49.9 Å². The number of rotatable bonds is 6. The molecule has 1 aliphatic rings. The maximum atomic E-state index is 12.7. The molecule has 5 nitrogen and oxygen atoms in total. The SMILES string of the molecule is CC(C)(C)[Si](C)(C)OCCCN1C(=O)CCN(c2ccccc2)C1=O. The smallest absolute Gasteiger partial charge is 0.331 e. The maximum absolute atomic E-state index is 12.7. The highest BCUT2D eigenvalue weighted by Gasteiger charge is 2.37. The lowest BCUT2D eigenvalue weighted by Crippen LogP contribution is -2.53. The fraction of sp³-hybridized carbons (Fsp3) is 0.579. The van der Waals surface area contributed by atoms with Crippen LogP contribution < -0.4 is 4.90 Å². The van der Waals surface area contributed by atoms with Gasteiger partial charge in [-0.05, 0) is 36.7 Å². The lowest BCUT2D eigenvalue weighted by atomic mass is 10.2. The summed E-state index contributed by atoms with van der Waals surface area (Å²) in [5.41, 5.74) is 0.836.